The maximum absolute atomic E-state index is 12.6. The van der Waals surface area contributed by atoms with E-state index in [1.54, 1.807) is 27.7 Å². The molecule has 0 fully saturated rings. The van der Waals surface area contributed by atoms with E-state index in [1.165, 1.54) is 4.68 Å². The van der Waals surface area contributed by atoms with E-state index in [9.17, 15) is 18.0 Å². The number of hydrogen-bond acceptors (Lipinski definition) is 3. The van der Waals surface area contributed by atoms with E-state index in [1.807, 2.05) is 0 Å². The van der Waals surface area contributed by atoms with E-state index < -0.39 is 18.6 Å². The van der Waals surface area contributed by atoms with Gasteiger partial charge in [0.15, 0.2) is 0 Å². The van der Waals surface area contributed by atoms with E-state index in [0.29, 0.717) is 17.1 Å². The normalized spacial score (nSPS) is 12.0. The summed E-state index contributed by atoms with van der Waals surface area (Å²) in [5.74, 6) is -0.673. The van der Waals surface area contributed by atoms with Crippen LogP contribution in [-0.2, 0) is 11.3 Å². The average Bonchev–Trinajstić information content (AvgIpc) is 2.54. The predicted octanol–water partition coefficient (Wildman–Crippen LogP) is 2.13. The van der Waals surface area contributed by atoms with E-state index in [2.05, 4.69) is 5.10 Å². The highest BCUT2D eigenvalue weighted by Gasteiger charge is 2.33. The average molecular weight is 306 g/mol. The van der Waals surface area contributed by atoms with Crippen molar-refractivity contribution in [1.29, 1.82) is 0 Å². The molecule has 5 nitrogen and oxygen atoms in total. The van der Waals surface area contributed by atoms with Gasteiger partial charge in [0, 0.05) is 6.54 Å². The fraction of sp³-hybridized carbons (Fsp3) is 0.692. The monoisotopic (exact) mass is 306 g/mol. The van der Waals surface area contributed by atoms with E-state index >= 15 is 0 Å². The minimum Gasteiger partial charge on any atom is -0.396 e. The van der Waals surface area contributed by atoms with Crippen LogP contribution in [0.15, 0.2) is 0 Å². The molecule has 1 heterocycles. The number of rotatable bonds is 5. The molecule has 0 radical (unpaired) electrons. The molecule has 0 aliphatic heterocycles. The van der Waals surface area contributed by atoms with Crippen LogP contribution in [0.2, 0.25) is 0 Å². The summed E-state index contributed by atoms with van der Waals surface area (Å²) in [5.41, 5.74) is 7.34. The fourth-order valence-corrected chi connectivity index (χ4v) is 2.00. The Hall–Kier alpha value is -1.73. The molecule has 0 saturated carbocycles. The van der Waals surface area contributed by atoms with Gasteiger partial charge in [0.05, 0.1) is 17.1 Å². The number of nitrogens with two attached hydrogens (primary N) is 1. The molecule has 2 N–H and O–H groups in total. The van der Waals surface area contributed by atoms with E-state index in [-0.39, 0.29) is 19.0 Å². The first-order valence-electron chi connectivity index (χ1n) is 6.65. The lowest BCUT2D eigenvalue weighted by atomic mass is 10.2. The van der Waals surface area contributed by atoms with Crippen molar-refractivity contribution in [2.75, 3.05) is 18.8 Å². The molecule has 0 saturated heterocycles. The molecule has 1 rings (SSSR count). The number of carbonyl (C=O) groups excluding carboxylic acids is 1. The summed E-state index contributed by atoms with van der Waals surface area (Å²) in [7, 11) is 0. The van der Waals surface area contributed by atoms with Gasteiger partial charge in [-0.25, -0.2) is 0 Å². The van der Waals surface area contributed by atoms with Gasteiger partial charge in [-0.2, -0.15) is 18.3 Å². The van der Waals surface area contributed by atoms with E-state index in [0.717, 1.165) is 4.90 Å². The Morgan fingerprint density at radius 2 is 1.95 bits per heavy atom. The number of anilines is 1. The summed E-state index contributed by atoms with van der Waals surface area (Å²) in [6.45, 7) is 5.44. The van der Waals surface area contributed by atoms with Gasteiger partial charge in [0.2, 0.25) is 5.91 Å². The summed E-state index contributed by atoms with van der Waals surface area (Å²) < 4.78 is 39.0. The van der Waals surface area contributed by atoms with Gasteiger partial charge in [-0.05, 0) is 19.8 Å². The first-order chi connectivity index (χ1) is 9.51. The second kappa shape index (κ2) is 6.36. The molecule has 0 aliphatic carbocycles. The molecule has 1 aromatic heterocycles. The topological polar surface area (TPSA) is 64.2 Å². The van der Waals surface area contributed by atoms with Gasteiger partial charge < -0.3 is 10.6 Å². The molecule has 1 amide bonds. The van der Waals surface area contributed by atoms with Gasteiger partial charge in [-0.15, -0.1) is 0 Å². The van der Waals surface area contributed by atoms with Crippen molar-refractivity contribution in [3.05, 3.63) is 11.4 Å². The van der Waals surface area contributed by atoms with Crippen LogP contribution in [0.4, 0.5) is 18.9 Å². The Morgan fingerprint density at radius 1 is 1.38 bits per heavy atom. The lowest BCUT2D eigenvalue weighted by molar-refractivity contribution is -0.162. The zero-order valence-electron chi connectivity index (χ0n) is 12.7. The molecule has 1 aromatic rings. The molecule has 8 heteroatoms. The van der Waals surface area contributed by atoms with Crippen LogP contribution in [0.3, 0.4) is 0 Å². The summed E-state index contributed by atoms with van der Waals surface area (Å²) in [6.07, 6.45) is -4.42. The maximum atomic E-state index is 12.6. The largest absolute Gasteiger partial charge is 0.406 e. The van der Waals surface area contributed by atoms with Crippen LogP contribution in [0.25, 0.3) is 0 Å². The van der Waals surface area contributed by atoms with Crippen LogP contribution >= 0.6 is 0 Å². The van der Waals surface area contributed by atoms with Crippen LogP contribution in [0.5, 0.6) is 0 Å². The molecular formula is C13H21F3N4O. The lowest BCUT2D eigenvalue weighted by Crippen LogP contribution is -2.42. The van der Waals surface area contributed by atoms with Crippen LogP contribution in [-0.4, -0.2) is 39.9 Å². The van der Waals surface area contributed by atoms with Gasteiger partial charge >= 0.3 is 6.18 Å². The smallest absolute Gasteiger partial charge is 0.396 e. The third-order valence-corrected chi connectivity index (χ3v) is 3.03. The standard InChI is InChI=1S/C13H21F3N4O/c1-8(2)5-19(7-13(14,15)16)11(21)6-20-10(4)12(17)9(3)18-20/h8H,5-7,17H2,1-4H3. The zero-order chi connectivity index (χ0) is 16.4. The summed E-state index contributed by atoms with van der Waals surface area (Å²) >= 11 is 0. The summed E-state index contributed by atoms with van der Waals surface area (Å²) in [6, 6.07) is 0. The number of carbonyl (C=O) groups is 1. The van der Waals surface area contributed by atoms with Crippen LogP contribution < -0.4 is 5.73 Å². The fourth-order valence-electron chi connectivity index (χ4n) is 2.00. The quantitative estimate of drug-likeness (QED) is 0.906. The number of hydrogen-bond donors (Lipinski definition) is 1. The van der Waals surface area contributed by atoms with Gasteiger partial charge in [-0.3, -0.25) is 9.48 Å². The first-order valence-corrected chi connectivity index (χ1v) is 6.65. The number of amides is 1. The van der Waals surface area contributed by atoms with Gasteiger partial charge in [0.1, 0.15) is 13.1 Å². The summed E-state index contributed by atoms with van der Waals surface area (Å²) in [5, 5.41) is 4.07. The lowest BCUT2D eigenvalue weighted by Gasteiger charge is -2.25. The molecule has 21 heavy (non-hydrogen) atoms. The molecule has 0 unspecified atom stereocenters. The Labute approximate surface area is 121 Å². The zero-order valence-corrected chi connectivity index (χ0v) is 12.7. The predicted molar refractivity (Wildman–Crippen MR) is 73.6 cm³/mol. The molecule has 0 spiro atoms. The van der Waals surface area contributed by atoms with Crippen molar-refractivity contribution in [1.82, 2.24) is 14.7 Å². The van der Waals surface area contributed by atoms with Crippen LogP contribution in [0.1, 0.15) is 25.2 Å². The molecule has 0 bridgehead atoms. The highest BCUT2D eigenvalue weighted by molar-refractivity contribution is 5.76. The molecule has 0 aromatic carbocycles. The molecule has 120 valence electrons. The number of nitrogens with zero attached hydrogens (tertiary/aromatic N) is 3. The third kappa shape index (κ3) is 4.95. The highest BCUT2D eigenvalue weighted by Crippen LogP contribution is 2.19. The van der Waals surface area contributed by atoms with Crippen molar-refractivity contribution in [2.24, 2.45) is 5.92 Å². The number of nitrogen functional groups attached to an aromatic ring is 1. The van der Waals surface area contributed by atoms with Gasteiger partial charge in [-0.1, -0.05) is 13.8 Å². The van der Waals surface area contributed by atoms with Crippen molar-refractivity contribution in [3.63, 3.8) is 0 Å². The highest BCUT2D eigenvalue weighted by atomic mass is 19.4. The van der Waals surface area contributed by atoms with E-state index in [4.69, 9.17) is 5.73 Å². The Morgan fingerprint density at radius 3 is 2.33 bits per heavy atom. The Balaban J connectivity index is 2.87. The number of halogens is 3. The molecule has 0 aliphatic rings. The first kappa shape index (κ1) is 17.3. The minimum atomic E-state index is -4.42. The van der Waals surface area contributed by atoms with Crippen molar-refractivity contribution >= 4 is 11.6 Å². The van der Waals surface area contributed by atoms with Crippen molar-refractivity contribution in [3.8, 4) is 0 Å². The minimum absolute atomic E-state index is 0.0487. The second-order valence-electron chi connectivity index (χ2n) is 5.53. The maximum Gasteiger partial charge on any atom is 0.406 e. The van der Waals surface area contributed by atoms with Crippen LogP contribution in [0, 0.1) is 19.8 Å². The SMILES string of the molecule is Cc1nn(CC(=O)N(CC(C)C)CC(F)(F)F)c(C)c1N. The number of alkyl halides is 3. The van der Waals surface area contributed by atoms with Crippen molar-refractivity contribution in [2.45, 2.75) is 40.4 Å². The van der Waals surface area contributed by atoms with Gasteiger partial charge in [0.25, 0.3) is 0 Å². The Bertz CT molecular complexity index is 508. The second-order valence-corrected chi connectivity index (χ2v) is 5.53. The number of aromatic nitrogens is 2. The Kier molecular flexibility index (Phi) is 5.25. The third-order valence-electron chi connectivity index (χ3n) is 3.03. The number of aryl methyl sites for hydroxylation is 1. The van der Waals surface area contributed by atoms with Crippen molar-refractivity contribution < 1.29 is 18.0 Å². The molecule has 0 atom stereocenters. The molecular weight excluding hydrogens is 285 g/mol. The summed E-state index contributed by atoms with van der Waals surface area (Å²) in [4.78, 5) is 12.9.